The van der Waals surface area contributed by atoms with Gasteiger partial charge >= 0.3 is 0 Å². The minimum Gasteiger partial charge on any atom is -0.857 e. The zero-order chi connectivity index (χ0) is 24.8. The summed E-state index contributed by atoms with van der Waals surface area (Å²) in [6.07, 6.45) is 1.76. The number of nitro benzene ring substituents is 2. The first-order chi connectivity index (χ1) is 14.6. The standard InChI is InChI=1S/C8H10.C7H6N2O4.C3H9N.C3H5N.CH3O/c1-2-8-6-4-3-5-7-8;1-5-2-3-6(8(10)11)4-7(5)9(12)13;1-4(2)3;1-2-3-4;1-2/h3-7H,2H2,1H3;2-4H,1H3;1-3H3;2H2,1H3;1H3/q;;;;-1. The SMILES string of the molecule is CCC#N.CCc1ccccc1.CN(C)C.C[O-].Cc1ccc([N+](=O)[O-])cc1[N+](=O)[O-]. The van der Waals surface area contributed by atoms with E-state index >= 15 is 0 Å². The van der Waals surface area contributed by atoms with Crippen LogP contribution in [0.4, 0.5) is 11.4 Å². The number of benzene rings is 2. The first kappa shape index (κ1) is 32.3. The van der Waals surface area contributed by atoms with Crippen molar-refractivity contribution in [3.05, 3.63) is 79.9 Å². The van der Waals surface area contributed by atoms with E-state index in [1.165, 1.54) is 24.6 Å². The lowest BCUT2D eigenvalue weighted by atomic mass is 10.2. The number of rotatable bonds is 3. The van der Waals surface area contributed by atoms with Crippen molar-refractivity contribution in [3.63, 3.8) is 0 Å². The lowest BCUT2D eigenvalue weighted by Crippen LogP contribution is -1.99. The molecule has 31 heavy (non-hydrogen) atoms. The third-order valence-corrected chi connectivity index (χ3v) is 3.01. The second-order valence-electron chi connectivity index (χ2n) is 6.18. The van der Waals surface area contributed by atoms with Crippen LogP contribution in [0.1, 0.15) is 31.4 Å². The third kappa shape index (κ3) is 19.7. The summed E-state index contributed by atoms with van der Waals surface area (Å²) in [5.74, 6) is 0. The Morgan fingerprint density at radius 3 is 1.68 bits per heavy atom. The maximum absolute atomic E-state index is 10.4. The highest BCUT2D eigenvalue weighted by Crippen LogP contribution is 2.23. The normalized spacial score (nSPS) is 8.39. The molecule has 2 aromatic carbocycles. The van der Waals surface area contributed by atoms with Gasteiger partial charge in [-0.2, -0.15) is 12.4 Å². The van der Waals surface area contributed by atoms with E-state index in [1.54, 1.807) is 0 Å². The Morgan fingerprint density at radius 1 is 0.935 bits per heavy atom. The van der Waals surface area contributed by atoms with Crippen molar-refractivity contribution < 1.29 is 15.0 Å². The molecule has 172 valence electrons. The van der Waals surface area contributed by atoms with Crippen molar-refractivity contribution in [2.24, 2.45) is 0 Å². The average molecular weight is 434 g/mol. The van der Waals surface area contributed by atoms with Crippen LogP contribution in [-0.4, -0.2) is 43.0 Å². The van der Waals surface area contributed by atoms with Crippen LogP contribution in [0.2, 0.25) is 0 Å². The van der Waals surface area contributed by atoms with Gasteiger partial charge < -0.3 is 10.0 Å². The van der Waals surface area contributed by atoms with E-state index in [0.717, 1.165) is 19.6 Å². The number of aryl methyl sites for hydroxylation is 2. The summed E-state index contributed by atoms with van der Waals surface area (Å²) in [7, 11) is 6.75. The van der Waals surface area contributed by atoms with E-state index in [4.69, 9.17) is 10.4 Å². The van der Waals surface area contributed by atoms with Crippen molar-refractivity contribution in [1.29, 1.82) is 5.26 Å². The lowest BCUT2D eigenvalue weighted by Gasteiger charge is -1.95. The maximum Gasteiger partial charge on any atom is 0.279 e. The van der Waals surface area contributed by atoms with E-state index in [0.29, 0.717) is 12.0 Å². The van der Waals surface area contributed by atoms with Crippen LogP contribution < -0.4 is 5.11 Å². The molecule has 0 aliphatic heterocycles. The van der Waals surface area contributed by atoms with E-state index in [1.807, 2.05) is 45.1 Å². The fraction of sp³-hybridized carbons (Fsp3) is 0.409. The highest BCUT2D eigenvalue weighted by Gasteiger charge is 2.15. The summed E-state index contributed by atoms with van der Waals surface area (Å²) in [4.78, 5) is 21.4. The molecule has 9 heteroatoms. The molecular weight excluding hydrogens is 400 g/mol. The molecule has 0 aromatic heterocycles. The van der Waals surface area contributed by atoms with Gasteiger partial charge in [-0.3, -0.25) is 20.2 Å². The van der Waals surface area contributed by atoms with E-state index in [-0.39, 0.29) is 11.4 Å². The molecule has 2 rings (SSSR count). The van der Waals surface area contributed by atoms with Gasteiger partial charge in [-0.05, 0) is 46.1 Å². The molecule has 0 radical (unpaired) electrons. The van der Waals surface area contributed by atoms with Gasteiger partial charge in [0.1, 0.15) is 0 Å². The molecule has 0 N–H and O–H groups in total. The van der Waals surface area contributed by atoms with Gasteiger partial charge in [0.25, 0.3) is 11.4 Å². The minimum atomic E-state index is -0.660. The molecule has 0 heterocycles. The molecule has 0 fully saturated rings. The number of nitriles is 1. The molecule has 9 nitrogen and oxygen atoms in total. The maximum atomic E-state index is 10.4. The number of nitrogens with zero attached hydrogens (tertiary/aromatic N) is 4. The zero-order valence-electron chi connectivity index (χ0n) is 19.4. The monoisotopic (exact) mass is 433 g/mol. The van der Waals surface area contributed by atoms with E-state index in [2.05, 4.69) is 31.2 Å². The van der Waals surface area contributed by atoms with Crippen LogP contribution in [0.15, 0.2) is 48.5 Å². The van der Waals surface area contributed by atoms with Crippen LogP contribution in [0.5, 0.6) is 0 Å². The topological polar surface area (TPSA) is 136 Å². The molecule has 0 aliphatic carbocycles. The van der Waals surface area contributed by atoms with Crippen molar-refractivity contribution in [2.45, 2.75) is 33.6 Å². The van der Waals surface area contributed by atoms with Crippen LogP contribution >= 0.6 is 0 Å². The van der Waals surface area contributed by atoms with Gasteiger partial charge in [-0.25, -0.2) is 0 Å². The third-order valence-electron chi connectivity index (χ3n) is 3.01. The summed E-state index contributed by atoms with van der Waals surface area (Å²) in [6.45, 7) is 5.51. The molecule has 0 atom stereocenters. The predicted molar refractivity (Wildman–Crippen MR) is 122 cm³/mol. The molecule has 0 saturated heterocycles. The van der Waals surface area contributed by atoms with Gasteiger partial charge in [0, 0.05) is 18.1 Å². The Labute approximate surface area is 184 Å². The van der Waals surface area contributed by atoms with Gasteiger partial charge in [0.15, 0.2) is 0 Å². The molecule has 0 spiro atoms. The molecule has 0 bridgehead atoms. The fourth-order valence-electron chi connectivity index (χ4n) is 1.62. The molecule has 0 amide bonds. The summed E-state index contributed by atoms with van der Waals surface area (Å²) >= 11 is 0. The molecular formula is C22H33N4O5-. The van der Waals surface area contributed by atoms with Crippen molar-refractivity contribution in [1.82, 2.24) is 4.90 Å². The molecule has 0 unspecified atom stereocenters. The lowest BCUT2D eigenvalue weighted by molar-refractivity contribution is -0.394. The number of hydrogen-bond acceptors (Lipinski definition) is 7. The van der Waals surface area contributed by atoms with Crippen LogP contribution in [0, 0.1) is 38.5 Å². The summed E-state index contributed by atoms with van der Waals surface area (Å²) in [6, 6.07) is 15.9. The Morgan fingerprint density at radius 2 is 1.39 bits per heavy atom. The first-order valence-electron chi connectivity index (χ1n) is 9.42. The number of non-ortho nitro benzene ring substituents is 1. The van der Waals surface area contributed by atoms with E-state index < -0.39 is 9.85 Å². The first-order valence-corrected chi connectivity index (χ1v) is 9.42. The largest absolute Gasteiger partial charge is 0.857 e. The van der Waals surface area contributed by atoms with Gasteiger partial charge in [-0.15, -0.1) is 0 Å². The quantitative estimate of drug-likeness (QED) is 0.524. The fourth-order valence-corrected chi connectivity index (χ4v) is 1.62. The second-order valence-corrected chi connectivity index (χ2v) is 6.18. The smallest absolute Gasteiger partial charge is 0.279 e. The molecule has 0 aliphatic rings. The Bertz CT molecular complexity index is 772. The molecule has 0 saturated carbocycles. The van der Waals surface area contributed by atoms with E-state index in [9.17, 15) is 20.2 Å². The molecule has 2 aromatic rings. The van der Waals surface area contributed by atoms with Crippen molar-refractivity contribution >= 4 is 11.4 Å². The number of nitro groups is 2. The Balaban J connectivity index is -0.000000371. The highest BCUT2D eigenvalue weighted by molar-refractivity contribution is 5.48. The Hall–Kier alpha value is -3.35. The summed E-state index contributed by atoms with van der Waals surface area (Å²) in [5, 5.41) is 36.5. The van der Waals surface area contributed by atoms with Crippen molar-refractivity contribution in [3.8, 4) is 6.07 Å². The van der Waals surface area contributed by atoms with Gasteiger partial charge in [-0.1, -0.05) is 44.2 Å². The van der Waals surface area contributed by atoms with Gasteiger partial charge in [0.05, 0.1) is 22.0 Å². The van der Waals surface area contributed by atoms with Crippen molar-refractivity contribution in [2.75, 3.05) is 28.3 Å². The van der Waals surface area contributed by atoms with Gasteiger partial charge in [0.2, 0.25) is 0 Å². The summed E-state index contributed by atoms with van der Waals surface area (Å²) < 4.78 is 0. The summed E-state index contributed by atoms with van der Waals surface area (Å²) in [5.41, 5.74) is 1.33. The van der Waals surface area contributed by atoms with Crippen LogP contribution in [-0.2, 0) is 6.42 Å². The minimum absolute atomic E-state index is 0.228. The number of hydrogen-bond donors (Lipinski definition) is 0. The van der Waals surface area contributed by atoms with Crippen LogP contribution in [0.25, 0.3) is 0 Å². The predicted octanol–water partition coefficient (Wildman–Crippen LogP) is 4.13. The second kappa shape index (κ2) is 21.4. The zero-order valence-corrected chi connectivity index (χ0v) is 19.4. The Kier molecular flexibility index (Phi) is 22.3. The highest BCUT2D eigenvalue weighted by atomic mass is 16.6. The average Bonchev–Trinajstić information content (AvgIpc) is 2.76. The van der Waals surface area contributed by atoms with Crippen LogP contribution in [0.3, 0.4) is 0 Å².